The molecule has 1 spiro atoms. The first kappa shape index (κ1) is 39.3. The lowest BCUT2D eigenvalue weighted by atomic mass is 9.70. The predicted molar refractivity (Wildman–Crippen MR) is 193 cm³/mol. The molecule has 10 nitrogen and oxygen atoms in total. The van der Waals surface area contributed by atoms with Crippen molar-refractivity contribution in [3.63, 3.8) is 0 Å². The van der Waals surface area contributed by atoms with Crippen molar-refractivity contribution in [2.75, 3.05) is 19.8 Å². The molecule has 1 aromatic carbocycles. The molecule has 3 fully saturated rings. The van der Waals surface area contributed by atoms with E-state index in [1.165, 1.54) is 0 Å². The maximum Gasteiger partial charge on any atom is 0.306 e. The minimum absolute atomic E-state index is 0.0820. The number of benzene rings is 1. The van der Waals surface area contributed by atoms with Crippen molar-refractivity contribution in [2.24, 2.45) is 23.2 Å². The molecule has 3 saturated heterocycles. The van der Waals surface area contributed by atoms with Crippen molar-refractivity contribution in [3.8, 4) is 0 Å². The van der Waals surface area contributed by atoms with Gasteiger partial charge in [0.15, 0.2) is 0 Å². The van der Waals surface area contributed by atoms with Crippen LogP contribution in [0.4, 0.5) is 0 Å². The van der Waals surface area contributed by atoms with Gasteiger partial charge in [-0.25, -0.2) is 0 Å². The van der Waals surface area contributed by atoms with Crippen molar-refractivity contribution in [3.05, 3.63) is 61.2 Å². The van der Waals surface area contributed by atoms with Crippen molar-refractivity contribution < 1.29 is 33.8 Å². The predicted octanol–water partition coefficient (Wildman–Crippen LogP) is 5.36. The summed E-state index contributed by atoms with van der Waals surface area (Å²) in [7, 11) is 0. The number of hydrogen-bond acceptors (Lipinski definition) is 7. The highest BCUT2D eigenvalue weighted by molar-refractivity contribution is 5.99. The van der Waals surface area contributed by atoms with E-state index in [0.717, 1.165) is 5.56 Å². The number of hydrogen-bond donors (Lipinski definition) is 2. The number of carbonyl (C=O) groups excluding carboxylic acids is 4. The number of esters is 1. The molecule has 3 amide bonds. The zero-order valence-corrected chi connectivity index (χ0v) is 31.2. The fourth-order valence-electron chi connectivity index (χ4n) is 8.83. The molecular formula is C40H59N3O7. The van der Waals surface area contributed by atoms with E-state index in [1.807, 2.05) is 58.0 Å². The van der Waals surface area contributed by atoms with Crippen LogP contribution in [0.3, 0.4) is 0 Å². The van der Waals surface area contributed by atoms with Crippen molar-refractivity contribution in [2.45, 2.75) is 122 Å². The summed E-state index contributed by atoms with van der Waals surface area (Å²) in [5, 5.41) is 13.8. The highest BCUT2D eigenvalue weighted by atomic mass is 16.5. The van der Waals surface area contributed by atoms with Crippen LogP contribution in [0.1, 0.15) is 98.6 Å². The molecule has 3 aliphatic rings. The Morgan fingerprint density at radius 2 is 1.82 bits per heavy atom. The van der Waals surface area contributed by atoms with Gasteiger partial charge in [-0.3, -0.25) is 19.2 Å². The monoisotopic (exact) mass is 693 g/mol. The van der Waals surface area contributed by atoms with Crippen LogP contribution < -0.4 is 5.32 Å². The van der Waals surface area contributed by atoms with Gasteiger partial charge < -0.3 is 29.7 Å². The van der Waals surface area contributed by atoms with Crippen LogP contribution in [-0.4, -0.2) is 87.7 Å². The van der Waals surface area contributed by atoms with Gasteiger partial charge in [0.2, 0.25) is 17.7 Å². The van der Waals surface area contributed by atoms with Gasteiger partial charge in [-0.15, -0.1) is 13.2 Å². The Labute approximate surface area is 298 Å². The molecule has 0 radical (unpaired) electrons. The van der Waals surface area contributed by atoms with Crippen molar-refractivity contribution in [1.82, 2.24) is 15.1 Å². The van der Waals surface area contributed by atoms with Crippen molar-refractivity contribution in [1.29, 1.82) is 0 Å². The first-order valence-corrected chi connectivity index (χ1v) is 18.2. The molecule has 4 rings (SSSR count). The molecule has 3 heterocycles. The first-order valence-electron chi connectivity index (χ1n) is 18.2. The van der Waals surface area contributed by atoms with Crippen molar-refractivity contribution >= 4 is 23.7 Å². The molecule has 3 aliphatic heterocycles. The number of carbonyl (C=O) groups is 4. The summed E-state index contributed by atoms with van der Waals surface area (Å²) < 4.78 is 12.3. The van der Waals surface area contributed by atoms with Gasteiger partial charge in [-0.05, 0) is 62.8 Å². The van der Waals surface area contributed by atoms with E-state index in [1.54, 1.807) is 22.0 Å². The number of allylic oxidation sites excluding steroid dienone is 1. The number of rotatable bonds is 17. The maximum atomic E-state index is 15.1. The number of likely N-dealkylation sites (tertiary alicyclic amines) is 1. The topological polar surface area (TPSA) is 125 Å². The summed E-state index contributed by atoms with van der Waals surface area (Å²) in [5.74, 6) is -3.04. The van der Waals surface area contributed by atoms with Gasteiger partial charge in [0.25, 0.3) is 0 Å². The van der Waals surface area contributed by atoms with E-state index in [2.05, 4.69) is 39.2 Å². The third kappa shape index (κ3) is 8.17. The normalized spacial score (nSPS) is 25.6. The largest absolute Gasteiger partial charge is 0.463 e. The summed E-state index contributed by atoms with van der Waals surface area (Å²) in [6, 6.07) is 6.94. The van der Waals surface area contributed by atoms with Crippen LogP contribution >= 0.6 is 0 Å². The Hall–Kier alpha value is -3.50. The summed E-state index contributed by atoms with van der Waals surface area (Å²) in [6.45, 7) is 22.0. The Kier molecular flexibility index (Phi) is 12.4. The van der Waals surface area contributed by atoms with Gasteiger partial charge in [-0.1, -0.05) is 77.1 Å². The van der Waals surface area contributed by atoms with E-state index < -0.39 is 53.2 Å². The third-order valence-corrected chi connectivity index (χ3v) is 10.4. The second-order valence-electron chi connectivity index (χ2n) is 16.5. The molecule has 0 saturated carbocycles. The van der Waals surface area contributed by atoms with Crippen LogP contribution in [0, 0.1) is 23.2 Å². The SMILES string of the molecule is C=CCCC(=O)OC[C@H](NC(=O)[C@@H]1[C@H]2C(=O)N([C@@H](CO)CC(C)C)[C@H](C(=O)N(CC=C)C(C)(C)CC(C)(C)C)[C@]23CC[C@H]1O3)c1ccccc1. The standard InChI is InChI=1S/C40H59N3O7/c1-10-12-18-31(45)49-24-29(27-16-14-13-15-17-27)41-35(46)32-30-19-20-40(50-30)33(32)36(47)43(28(23-44)22-26(3)4)34(40)37(48)42(21-11-2)39(8,9)25-38(5,6)7/h10-11,13-17,26,28-30,32-34,44H,1-2,12,18-25H2,3-9H3,(H,41,46)/t28-,29+,30-,32+,33+,34-,40+/m1/s1. The molecule has 276 valence electrons. The molecule has 2 bridgehead atoms. The minimum Gasteiger partial charge on any atom is -0.463 e. The average molecular weight is 694 g/mol. The molecule has 7 atom stereocenters. The van der Waals surface area contributed by atoms with Gasteiger partial charge >= 0.3 is 5.97 Å². The van der Waals surface area contributed by atoms with E-state index in [9.17, 15) is 19.5 Å². The molecule has 0 unspecified atom stereocenters. The maximum absolute atomic E-state index is 15.1. The third-order valence-electron chi connectivity index (χ3n) is 10.4. The van der Waals surface area contributed by atoms with Gasteiger partial charge in [0, 0.05) is 18.5 Å². The number of nitrogens with one attached hydrogen (secondary N) is 1. The van der Waals surface area contributed by atoms with E-state index >= 15 is 4.79 Å². The van der Waals surface area contributed by atoms with E-state index in [-0.39, 0.29) is 55.2 Å². The Morgan fingerprint density at radius 1 is 1.14 bits per heavy atom. The molecule has 0 aliphatic carbocycles. The second kappa shape index (κ2) is 15.8. The van der Waals surface area contributed by atoms with Gasteiger partial charge in [-0.2, -0.15) is 0 Å². The molecular weight excluding hydrogens is 634 g/mol. The molecule has 1 aromatic rings. The summed E-state index contributed by atoms with van der Waals surface area (Å²) in [6.07, 6.45) is 5.56. The second-order valence-corrected chi connectivity index (χ2v) is 16.5. The lowest BCUT2D eigenvalue weighted by molar-refractivity contribution is -0.156. The number of nitrogens with zero attached hydrogens (tertiary/aromatic N) is 2. The average Bonchev–Trinajstić information content (AvgIpc) is 3.69. The number of amides is 3. The van der Waals surface area contributed by atoms with E-state index in [4.69, 9.17) is 9.47 Å². The highest BCUT2D eigenvalue weighted by Crippen LogP contribution is 2.59. The smallest absolute Gasteiger partial charge is 0.306 e. The number of fused-ring (bicyclic) bond motifs is 1. The van der Waals surface area contributed by atoms with Gasteiger partial charge in [0.05, 0.1) is 36.6 Å². The zero-order chi connectivity index (χ0) is 37.0. The highest BCUT2D eigenvalue weighted by Gasteiger charge is 2.75. The molecule has 50 heavy (non-hydrogen) atoms. The first-order chi connectivity index (χ1) is 23.5. The van der Waals surface area contributed by atoms with Gasteiger partial charge in [0.1, 0.15) is 18.2 Å². The number of ether oxygens (including phenoxy) is 2. The van der Waals surface area contributed by atoms with Crippen LogP contribution in [0.2, 0.25) is 0 Å². The summed E-state index contributed by atoms with van der Waals surface area (Å²) in [4.78, 5) is 60.1. The summed E-state index contributed by atoms with van der Waals surface area (Å²) in [5.41, 5.74) is -1.18. The number of aliphatic hydroxyl groups excluding tert-OH is 1. The molecule has 0 aromatic heterocycles. The fourth-order valence-corrected chi connectivity index (χ4v) is 8.83. The Morgan fingerprint density at radius 3 is 2.40 bits per heavy atom. The van der Waals surface area contributed by atoms with Crippen LogP contribution in [-0.2, 0) is 28.7 Å². The van der Waals surface area contributed by atoms with Crippen LogP contribution in [0.25, 0.3) is 0 Å². The van der Waals surface area contributed by atoms with E-state index in [0.29, 0.717) is 32.1 Å². The lowest BCUT2D eigenvalue weighted by Crippen LogP contribution is -2.62. The quantitative estimate of drug-likeness (QED) is 0.166. The van der Waals surface area contributed by atoms with Crippen LogP contribution in [0.15, 0.2) is 55.6 Å². The Bertz CT molecular complexity index is 1400. The zero-order valence-electron chi connectivity index (χ0n) is 31.2. The molecule has 2 N–H and O–H groups in total. The fraction of sp³-hybridized carbons (Fsp3) is 0.650. The lowest BCUT2D eigenvalue weighted by Gasteiger charge is -2.46. The minimum atomic E-state index is -1.23. The molecule has 10 heteroatoms. The number of aliphatic hydroxyl groups is 1. The van der Waals surface area contributed by atoms with Crippen LogP contribution in [0.5, 0.6) is 0 Å². The summed E-state index contributed by atoms with van der Waals surface area (Å²) >= 11 is 0. The Balaban J connectivity index is 1.73.